The van der Waals surface area contributed by atoms with Gasteiger partial charge in [0.05, 0.1) is 16.6 Å². The van der Waals surface area contributed by atoms with Crippen molar-refractivity contribution in [3.63, 3.8) is 0 Å². The summed E-state index contributed by atoms with van der Waals surface area (Å²) in [6.45, 7) is 5.86. The molecule has 188 valence electrons. The molecule has 2 aromatic rings. The molecule has 0 aliphatic carbocycles. The van der Waals surface area contributed by atoms with E-state index in [9.17, 15) is 19.5 Å². The number of carboxylic acid groups (broad SMARTS) is 1. The number of rotatable bonds is 7. The van der Waals surface area contributed by atoms with Crippen molar-refractivity contribution >= 4 is 41.2 Å². The molecule has 1 fully saturated rings. The number of hydrogen-bond acceptors (Lipinski definition) is 4. The molecule has 0 aromatic heterocycles. The second-order valence-corrected chi connectivity index (χ2v) is 10.4. The lowest BCUT2D eigenvalue weighted by atomic mass is 10.0. The van der Waals surface area contributed by atoms with Crippen LogP contribution in [0.15, 0.2) is 48.5 Å². The first-order valence-corrected chi connectivity index (χ1v) is 12.2. The number of amides is 2. The molecule has 0 radical (unpaired) electrons. The smallest absolute Gasteiger partial charge is 0.410 e. The first-order chi connectivity index (χ1) is 16.5. The van der Waals surface area contributed by atoms with Gasteiger partial charge in [-0.05, 0) is 57.4 Å². The molecule has 1 saturated heterocycles. The lowest BCUT2D eigenvalue weighted by Gasteiger charge is -2.35. The number of likely N-dealkylation sites (tertiary alicyclic amines) is 1. The van der Waals surface area contributed by atoms with Gasteiger partial charge in [0, 0.05) is 24.5 Å². The number of hydrogen-bond donors (Lipinski definition) is 1. The molecule has 9 heteroatoms. The number of carboxylic acids is 1. The van der Waals surface area contributed by atoms with E-state index in [2.05, 4.69) is 0 Å². The molecule has 2 unspecified atom stereocenters. The van der Waals surface area contributed by atoms with Crippen LogP contribution in [0.1, 0.15) is 49.5 Å². The van der Waals surface area contributed by atoms with Crippen LogP contribution in [0.3, 0.4) is 0 Å². The number of benzene rings is 2. The standard InChI is InChI=1S/C26H30Cl2N2O5/c1-26(2,3)35-25(34)29-13-7-10-19(29)16-30(23(31)20-12-11-18(27)15-21(20)28)22(24(32)33)14-17-8-5-4-6-9-17/h4-6,8-9,11-12,15,19,22H,7,10,13-14,16H2,1-3H3,(H,32,33). The molecule has 7 nitrogen and oxygen atoms in total. The van der Waals surface area contributed by atoms with Gasteiger partial charge in [0.15, 0.2) is 0 Å². The Morgan fingerprint density at radius 2 is 1.83 bits per heavy atom. The number of carbonyl (C=O) groups is 3. The van der Waals surface area contributed by atoms with E-state index in [1.807, 2.05) is 30.3 Å². The third kappa shape index (κ3) is 7.12. The Balaban J connectivity index is 1.95. The molecule has 35 heavy (non-hydrogen) atoms. The highest BCUT2D eigenvalue weighted by Crippen LogP contribution is 2.27. The van der Waals surface area contributed by atoms with Crippen molar-refractivity contribution in [1.29, 1.82) is 0 Å². The van der Waals surface area contributed by atoms with Crippen molar-refractivity contribution in [2.45, 2.75) is 57.7 Å². The van der Waals surface area contributed by atoms with E-state index in [1.165, 1.54) is 23.1 Å². The fourth-order valence-corrected chi connectivity index (χ4v) is 4.64. The summed E-state index contributed by atoms with van der Waals surface area (Å²) in [7, 11) is 0. The van der Waals surface area contributed by atoms with Crippen molar-refractivity contribution < 1.29 is 24.2 Å². The minimum Gasteiger partial charge on any atom is -0.480 e. The van der Waals surface area contributed by atoms with Crippen LogP contribution in [0.2, 0.25) is 10.0 Å². The molecule has 1 heterocycles. The Morgan fingerprint density at radius 1 is 1.14 bits per heavy atom. The second-order valence-electron chi connectivity index (χ2n) is 9.60. The van der Waals surface area contributed by atoms with Gasteiger partial charge in [-0.25, -0.2) is 9.59 Å². The zero-order valence-electron chi connectivity index (χ0n) is 20.0. The van der Waals surface area contributed by atoms with E-state index >= 15 is 0 Å². The summed E-state index contributed by atoms with van der Waals surface area (Å²) >= 11 is 12.3. The minimum absolute atomic E-state index is 0.0286. The van der Waals surface area contributed by atoms with Gasteiger partial charge in [-0.3, -0.25) is 4.79 Å². The topological polar surface area (TPSA) is 87.2 Å². The maximum Gasteiger partial charge on any atom is 0.410 e. The summed E-state index contributed by atoms with van der Waals surface area (Å²) in [5.41, 5.74) is 0.250. The van der Waals surface area contributed by atoms with Crippen molar-refractivity contribution in [3.8, 4) is 0 Å². The van der Waals surface area contributed by atoms with Crippen molar-refractivity contribution in [2.75, 3.05) is 13.1 Å². The lowest BCUT2D eigenvalue weighted by Crippen LogP contribution is -2.53. The quantitative estimate of drug-likeness (QED) is 0.518. The van der Waals surface area contributed by atoms with Gasteiger partial charge in [0.25, 0.3) is 5.91 Å². The summed E-state index contributed by atoms with van der Waals surface area (Å²) in [6.07, 6.45) is 0.970. The van der Waals surface area contributed by atoms with Crippen molar-refractivity contribution in [3.05, 3.63) is 69.7 Å². The number of aliphatic carboxylic acids is 1. The third-order valence-electron chi connectivity index (χ3n) is 5.77. The lowest BCUT2D eigenvalue weighted by molar-refractivity contribution is -0.142. The predicted octanol–water partition coefficient (Wildman–Crippen LogP) is 5.53. The molecular weight excluding hydrogens is 491 g/mol. The average molecular weight is 521 g/mol. The van der Waals surface area contributed by atoms with E-state index in [-0.39, 0.29) is 23.6 Å². The molecule has 0 spiro atoms. The summed E-state index contributed by atoms with van der Waals surface area (Å²) < 4.78 is 5.55. The Hall–Kier alpha value is -2.77. The Labute approximate surface area is 215 Å². The van der Waals surface area contributed by atoms with Crippen LogP contribution < -0.4 is 0 Å². The van der Waals surface area contributed by atoms with Gasteiger partial charge in [0.2, 0.25) is 0 Å². The molecule has 2 amide bonds. The molecule has 3 rings (SSSR count). The van der Waals surface area contributed by atoms with Crippen molar-refractivity contribution in [2.24, 2.45) is 0 Å². The molecule has 0 bridgehead atoms. The number of halogens is 2. The molecule has 2 aromatic carbocycles. The first kappa shape index (κ1) is 26.8. The van der Waals surface area contributed by atoms with Crippen LogP contribution >= 0.6 is 23.2 Å². The average Bonchev–Trinajstić information content (AvgIpc) is 3.23. The highest BCUT2D eigenvalue weighted by molar-refractivity contribution is 6.36. The summed E-state index contributed by atoms with van der Waals surface area (Å²) in [5, 5.41) is 10.7. The molecule has 1 N–H and O–H groups in total. The maximum atomic E-state index is 13.7. The number of carbonyl (C=O) groups excluding carboxylic acids is 2. The SMILES string of the molecule is CC(C)(C)OC(=O)N1CCCC1CN(C(=O)c1ccc(Cl)cc1Cl)C(Cc1ccccc1)C(=O)O. The van der Waals surface area contributed by atoms with Crippen LogP contribution in [-0.4, -0.2) is 63.7 Å². The first-order valence-electron chi connectivity index (χ1n) is 11.5. The highest BCUT2D eigenvalue weighted by Gasteiger charge is 2.38. The summed E-state index contributed by atoms with van der Waals surface area (Å²) in [5.74, 6) is -1.68. The third-order valence-corrected chi connectivity index (χ3v) is 6.32. The summed E-state index contributed by atoms with van der Waals surface area (Å²) in [6, 6.07) is 12.0. The van der Waals surface area contributed by atoms with Crippen LogP contribution in [-0.2, 0) is 16.0 Å². The zero-order valence-corrected chi connectivity index (χ0v) is 21.6. The van der Waals surface area contributed by atoms with E-state index in [4.69, 9.17) is 27.9 Å². The van der Waals surface area contributed by atoms with Crippen LogP contribution in [0, 0.1) is 0 Å². The minimum atomic E-state index is -1.17. The highest BCUT2D eigenvalue weighted by atomic mass is 35.5. The molecule has 2 atom stereocenters. The van der Waals surface area contributed by atoms with E-state index in [1.54, 1.807) is 25.7 Å². The van der Waals surface area contributed by atoms with Crippen molar-refractivity contribution in [1.82, 2.24) is 9.80 Å². The van der Waals surface area contributed by atoms with Crippen LogP contribution in [0.4, 0.5) is 4.79 Å². The molecule has 1 aliphatic heterocycles. The molecule has 1 aliphatic rings. The van der Waals surface area contributed by atoms with Crippen LogP contribution in [0.25, 0.3) is 0 Å². The monoisotopic (exact) mass is 520 g/mol. The van der Waals surface area contributed by atoms with E-state index in [0.717, 1.165) is 12.0 Å². The van der Waals surface area contributed by atoms with E-state index < -0.39 is 35.7 Å². The second kappa shape index (κ2) is 11.3. The normalized spacial score (nSPS) is 16.6. The van der Waals surface area contributed by atoms with E-state index in [0.29, 0.717) is 18.0 Å². The van der Waals surface area contributed by atoms with Gasteiger partial charge in [-0.2, -0.15) is 0 Å². The van der Waals surface area contributed by atoms with Crippen LogP contribution in [0.5, 0.6) is 0 Å². The Morgan fingerprint density at radius 3 is 2.43 bits per heavy atom. The molecular formula is C26H30Cl2N2O5. The molecule has 0 saturated carbocycles. The number of ether oxygens (including phenoxy) is 1. The zero-order chi connectivity index (χ0) is 25.8. The summed E-state index contributed by atoms with van der Waals surface area (Å²) in [4.78, 5) is 41.9. The van der Waals surface area contributed by atoms with Gasteiger partial charge in [0.1, 0.15) is 11.6 Å². The maximum absolute atomic E-state index is 13.7. The fourth-order valence-electron chi connectivity index (χ4n) is 4.15. The van der Waals surface area contributed by atoms with Gasteiger partial charge in [-0.1, -0.05) is 53.5 Å². The van der Waals surface area contributed by atoms with Gasteiger partial charge >= 0.3 is 12.1 Å². The van der Waals surface area contributed by atoms with Gasteiger partial charge < -0.3 is 19.6 Å². The largest absolute Gasteiger partial charge is 0.480 e. The Kier molecular flexibility index (Phi) is 8.67. The fraction of sp³-hybridized carbons (Fsp3) is 0.423. The van der Waals surface area contributed by atoms with Gasteiger partial charge in [-0.15, -0.1) is 0 Å². The number of nitrogens with zero attached hydrogens (tertiary/aromatic N) is 2. The predicted molar refractivity (Wildman–Crippen MR) is 135 cm³/mol. The Bertz CT molecular complexity index is 1070.